The lowest BCUT2D eigenvalue weighted by atomic mass is 9.95. The van der Waals surface area contributed by atoms with Crippen molar-refractivity contribution in [2.75, 3.05) is 13.1 Å². The van der Waals surface area contributed by atoms with Gasteiger partial charge in [-0.3, -0.25) is 4.79 Å². The summed E-state index contributed by atoms with van der Waals surface area (Å²) in [5.41, 5.74) is 2.12. The van der Waals surface area contributed by atoms with Crippen molar-refractivity contribution in [3.8, 4) is 11.4 Å². The van der Waals surface area contributed by atoms with Gasteiger partial charge in [0.1, 0.15) is 0 Å². The van der Waals surface area contributed by atoms with E-state index in [1.807, 2.05) is 24.3 Å². The highest BCUT2D eigenvalue weighted by Crippen LogP contribution is 2.21. The number of halogens is 1. The number of nitrogens with one attached hydrogen (secondary N) is 2. The Hall–Kier alpha value is -2.05. The second-order valence-electron chi connectivity index (χ2n) is 7.10. The SMILES string of the molecule is CC(C)c1ccc(-n2cc(O)c(C(=O)NC3CCNCC3C)n2)cc1.Cl. The molecule has 0 saturated carbocycles. The normalized spacial score (nSPS) is 19.8. The van der Waals surface area contributed by atoms with Crippen LogP contribution in [0.5, 0.6) is 5.75 Å². The van der Waals surface area contributed by atoms with Crippen LogP contribution < -0.4 is 10.6 Å². The minimum absolute atomic E-state index is 0. The van der Waals surface area contributed by atoms with E-state index in [1.54, 1.807) is 4.68 Å². The van der Waals surface area contributed by atoms with E-state index in [4.69, 9.17) is 0 Å². The molecular weight excluding hydrogens is 352 g/mol. The summed E-state index contributed by atoms with van der Waals surface area (Å²) < 4.78 is 1.54. The molecular formula is C19H27ClN4O2. The number of amides is 1. The monoisotopic (exact) mass is 378 g/mol. The molecule has 6 nitrogen and oxygen atoms in total. The zero-order chi connectivity index (χ0) is 18.0. The molecule has 1 aromatic carbocycles. The summed E-state index contributed by atoms with van der Waals surface area (Å²) in [6.45, 7) is 8.15. The molecule has 1 aliphatic rings. The van der Waals surface area contributed by atoms with Crippen LogP contribution in [0.2, 0.25) is 0 Å². The average molecular weight is 379 g/mol. The highest BCUT2D eigenvalue weighted by molar-refractivity contribution is 5.95. The van der Waals surface area contributed by atoms with Crippen molar-refractivity contribution in [2.24, 2.45) is 5.92 Å². The fourth-order valence-electron chi connectivity index (χ4n) is 3.14. The number of piperidine rings is 1. The Morgan fingerprint density at radius 1 is 1.35 bits per heavy atom. The van der Waals surface area contributed by atoms with Crippen molar-refractivity contribution in [3.63, 3.8) is 0 Å². The van der Waals surface area contributed by atoms with E-state index in [-0.39, 0.29) is 35.8 Å². The summed E-state index contributed by atoms with van der Waals surface area (Å²) in [5, 5.41) is 20.7. The van der Waals surface area contributed by atoms with Gasteiger partial charge in [-0.25, -0.2) is 4.68 Å². The second kappa shape index (κ2) is 8.56. The fourth-order valence-corrected chi connectivity index (χ4v) is 3.14. The molecule has 1 amide bonds. The summed E-state index contributed by atoms with van der Waals surface area (Å²) in [6.07, 6.45) is 2.36. The maximum Gasteiger partial charge on any atom is 0.275 e. The number of nitrogens with zero attached hydrogens (tertiary/aromatic N) is 2. The van der Waals surface area contributed by atoms with Gasteiger partial charge in [0.15, 0.2) is 11.4 Å². The summed E-state index contributed by atoms with van der Waals surface area (Å²) in [6, 6.07) is 8.06. The lowest BCUT2D eigenvalue weighted by molar-refractivity contribution is 0.0906. The smallest absolute Gasteiger partial charge is 0.275 e. The molecule has 2 aromatic rings. The molecule has 3 N–H and O–H groups in total. The molecule has 3 rings (SSSR count). The minimum atomic E-state index is -0.325. The van der Waals surface area contributed by atoms with Crippen LogP contribution >= 0.6 is 12.4 Å². The van der Waals surface area contributed by atoms with Crippen molar-refractivity contribution in [3.05, 3.63) is 41.7 Å². The van der Waals surface area contributed by atoms with Gasteiger partial charge in [-0.05, 0) is 49.0 Å². The molecule has 1 fully saturated rings. The highest BCUT2D eigenvalue weighted by atomic mass is 35.5. The molecule has 2 unspecified atom stereocenters. The van der Waals surface area contributed by atoms with Gasteiger partial charge in [-0.2, -0.15) is 5.10 Å². The molecule has 0 bridgehead atoms. The number of aromatic hydroxyl groups is 1. The Kier molecular flexibility index (Phi) is 6.67. The van der Waals surface area contributed by atoms with Gasteiger partial charge in [0.2, 0.25) is 0 Å². The molecule has 0 aliphatic carbocycles. The number of hydrogen-bond donors (Lipinski definition) is 3. The summed E-state index contributed by atoms with van der Waals surface area (Å²) in [5.74, 6) is 0.375. The van der Waals surface area contributed by atoms with E-state index in [0.717, 1.165) is 25.2 Å². The Labute approximate surface area is 160 Å². The summed E-state index contributed by atoms with van der Waals surface area (Å²) in [4.78, 5) is 12.5. The zero-order valence-corrected chi connectivity index (χ0v) is 16.2. The third-order valence-electron chi connectivity index (χ3n) is 4.84. The predicted octanol–water partition coefficient (Wildman–Crippen LogP) is 2.85. The standard InChI is InChI=1S/C19H26N4O2.ClH/c1-12(2)14-4-6-15(7-5-14)23-11-17(24)18(22-23)19(25)21-16-8-9-20-10-13(16)3;/h4-7,11-13,16,20,24H,8-10H2,1-3H3,(H,21,25);1H. The lowest BCUT2D eigenvalue weighted by Gasteiger charge is -2.29. The van der Waals surface area contributed by atoms with Crippen molar-refractivity contribution < 1.29 is 9.90 Å². The number of carbonyl (C=O) groups is 1. The van der Waals surface area contributed by atoms with E-state index >= 15 is 0 Å². The van der Waals surface area contributed by atoms with Gasteiger partial charge in [0.25, 0.3) is 5.91 Å². The Morgan fingerprint density at radius 2 is 2.04 bits per heavy atom. The molecule has 0 radical (unpaired) electrons. The van der Waals surface area contributed by atoms with Crippen LogP contribution in [-0.2, 0) is 0 Å². The Morgan fingerprint density at radius 3 is 2.65 bits per heavy atom. The van der Waals surface area contributed by atoms with Gasteiger partial charge < -0.3 is 15.7 Å². The third kappa shape index (κ3) is 4.37. The lowest BCUT2D eigenvalue weighted by Crippen LogP contribution is -2.48. The first kappa shape index (κ1) is 20.3. The fraction of sp³-hybridized carbons (Fsp3) is 0.474. The number of rotatable bonds is 4. The summed E-state index contributed by atoms with van der Waals surface area (Å²) >= 11 is 0. The van der Waals surface area contributed by atoms with E-state index < -0.39 is 0 Å². The molecule has 26 heavy (non-hydrogen) atoms. The maximum absolute atomic E-state index is 12.5. The van der Waals surface area contributed by atoms with Crippen LogP contribution in [-0.4, -0.2) is 39.9 Å². The molecule has 142 valence electrons. The zero-order valence-electron chi connectivity index (χ0n) is 15.4. The van der Waals surface area contributed by atoms with Crippen LogP contribution in [0.3, 0.4) is 0 Å². The van der Waals surface area contributed by atoms with Gasteiger partial charge in [-0.15, -0.1) is 12.4 Å². The largest absolute Gasteiger partial charge is 0.504 e. The average Bonchev–Trinajstić information content (AvgIpc) is 2.99. The minimum Gasteiger partial charge on any atom is -0.504 e. The first-order valence-electron chi connectivity index (χ1n) is 8.86. The molecule has 0 spiro atoms. The van der Waals surface area contributed by atoms with Gasteiger partial charge in [-0.1, -0.05) is 32.9 Å². The molecule has 2 heterocycles. The van der Waals surface area contributed by atoms with E-state index in [9.17, 15) is 9.90 Å². The van der Waals surface area contributed by atoms with Crippen molar-refractivity contribution in [1.82, 2.24) is 20.4 Å². The topological polar surface area (TPSA) is 79.2 Å². The van der Waals surface area contributed by atoms with Crippen molar-refractivity contribution in [2.45, 2.75) is 39.2 Å². The van der Waals surface area contributed by atoms with Crippen molar-refractivity contribution >= 4 is 18.3 Å². The van der Waals surface area contributed by atoms with Crippen LogP contribution in [0.4, 0.5) is 0 Å². The Balaban J connectivity index is 0.00000243. The quantitative estimate of drug-likeness (QED) is 0.764. The summed E-state index contributed by atoms with van der Waals surface area (Å²) in [7, 11) is 0. The number of benzene rings is 1. The molecule has 1 aliphatic heterocycles. The maximum atomic E-state index is 12.5. The van der Waals surface area contributed by atoms with Crippen molar-refractivity contribution in [1.29, 1.82) is 0 Å². The predicted molar refractivity (Wildman–Crippen MR) is 104 cm³/mol. The first-order chi connectivity index (χ1) is 12.0. The van der Waals surface area contributed by atoms with Gasteiger partial charge in [0.05, 0.1) is 11.9 Å². The number of carbonyl (C=O) groups excluding carboxylic acids is 1. The van der Waals surface area contributed by atoms with E-state index in [1.165, 1.54) is 11.8 Å². The van der Waals surface area contributed by atoms with Crippen LogP contribution in [0.25, 0.3) is 5.69 Å². The third-order valence-corrected chi connectivity index (χ3v) is 4.84. The molecule has 7 heteroatoms. The Bertz CT molecular complexity index is 742. The van der Waals surface area contributed by atoms with E-state index in [2.05, 4.69) is 36.5 Å². The van der Waals surface area contributed by atoms with Gasteiger partial charge >= 0.3 is 0 Å². The van der Waals surface area contributed by atoms with Crippen LogP contribution in [0.15, 0.2) is 30.5 Å². The first-order valence-corrected chi connectivity index (χ1v) is 8.86. The van der Waals surface area contributed by atoms with Crippen LogP contribution in [0.1, 0.15) is 49.2 Å². The van der Waals surface area contributed by atoms with Gasteiger partial charge in [0, 0.05) is 6.04 Å². The number of aromatic nitrogens is 2. The van der Waals surface area contributed by atoms with E-state index in [0.29, 0.717) is 11.8 Å². The second-order valence-corrected chi connectivity index (χ2v) is 7.10. The molecule has 1 aromatic heterocycles. The highest BCUT2D eigenvalue weighted by Gasteiger charge is 2.25. The van der Waals surface area contributed by atoms with Crippen LogP contribution in [0, 0.1) is 5.92 Å². The molecule has 1 saturated heterocycles. The molecule has 2 atom stereocenters. The number of hydrogen-bond acceptors (Lipinski definition) is 4.